The van der Waals surface area contributed by atoms with E-state index in [1.165, 1.54) is 12.1 Å². The van der Waals surface area contributed by atoms with Crippen LogP contribution >= 0.6 is 11.9 Å². The van der Waals surface area contributed by atoms with Gasteiger partial charge >= 0.3 is 0 Å². The van der Waals surface area contributed by atoms with Gasteiger partial charge in [-0.15, -0.1) is 0 Å². The molecule has 4 nitrogen and oxygen atoms in total. The van der Waals surface area contributed by atoms with E-state index in [4.69, 9.17) is 4.74 Å². The lowest BCUT2D eigenvalue weighted by molar-refractivity contribution is -0.125. The van der Waals surface area contributed by atoms with Crippen molar-refractivity contribution in [1.82, 2.24) is 9.62 Å². The first kappa shape index (κ1) is 29.3. The van der Waals surface area contributed by atoms with Crippen molar-refractivity contribution in [1.29, 1.82) is 0 Å². The molecule has 0 radical (unpaired) electrons. The molecule has 0 amide bonds. The molecule has 3 atom stereocenters. The van der Waals surface area contributed by atoms with Gasteiger partial charge in [0.1, 0.15) is 17.7 Å². The maximum atomic E-state index is 14.3. The Morgan fingerprint density at radius 2 is 1.87 bits per heavy atom. The van der Waals surface area contributed by atoms with Crippen LogP contribution in [0.15, 0.2) is 66.1 Å². The molecular formula is C32H40F2N2O2S. The van der Waals surface area contributed by atoms with Gasteiger partial charge in [0.2, 0.25) is 5.78 Å². The van der Waals surface area contributed by atoms with E-state index in [9.17, 15) is 13.6 Å². The number of allylic oxidation sites excluding steroid dienone is 3. The fourth-order valence-corrected chi connectivity index (χ4v) is 5.99. The number of nitrogens with one attached hydrogen (secondary N) is 1. The molecule has 0 bridgehead atoms. The molecule has 39 heavy (non-hydrogen) atoms. The van der Waals surface area contributed by atoms with Crippen molar-refractivity contribution in [2.75, 3.05) is 13.2 Å². The second-order valence-corrected chi connectivity index (χ2v) is 12.3. The number of likely N-dealkylation sites (N-methyl/N-ethyl adjacent to an activating group) is 1. The number of rotatable bonds is 11. The first-order chi connectivity index (χ1) is 18.7. The quantitative estimate of drug-likeness (QED) is 0.239. The van der Waals surface area contributed by atoms with Crippen LogP contribution in [0.25, 0.3) is 0 Å². The van der Waals surface area contributed by atoms with Crippen LogP contribution in [0.2, 0.25) is 0 Å². The van der Waals surface area contributed by atoms with E-state index in [-0.39, 0.29) is 35.4 Å². The Bertz CT molecular complexity index is 1210. The molecule has 4 rings (SSSR count). The van der Waals surface area contributed by atoms with Gasteiger partial charge in [-0.25, -0.2) is 13.5 Å². The Kier molecular flexibility index (Phi) is 10.2. The van der Waals surface area contributed by atoms with Crippen LogP contribution < -0.4 is 4.72 Å². The second-order valence-electron chi connectivity index (χ2n) is 10.9. The molecule has 0 spiro atoms. The monoisotopic (exact) mass is 554 g/mol. The number of benzene rings is 2. The summed E-state index contributed by atoms with van der Waals surface area (Å²) in [6, 6.07) is 11.5. The number of ketones is 1. The Balaban J connectivity index is 1.64. The number of nitrogens with zero attached hydrogens (tertiary/aromatic N) is 1. The van der Waals surface area contributed by atoms with Crippen LogP contribution in [-0.4, -0.2) is 35.3 Å². The zero-order valence-electron chi connectivity index (χ0n) is 23.4. The first-order valence-corrected chi connectivity index (χ1v) is 14.9. The maximum Gasteiger partial charge on any atom is 0.202 e. The predicted octanol–water partition coefficient (Wildman–Crippen LogP) is 7.00. The smallest absolute Gasteiger partial charge is 0.202 e. The highest BCUT2D eigenvalue weighted by molar-refractivity contribution is 7.97. The van der Waals surface area contributed by atoms with E-state index in [1.807, 2.05) is 18.2 Å². The number of halogens is 2. The van der Waals surface area contributed by atoms with Gasteiger partial charge in [0.25, 0.3) is 0 Å². The van der Waals surface area contributed by atoms with Crippen LogP contribution in [0.3, 0.4) is 0 Å². The normalized spacial score (nSPS) is 23.9. The highest BCUT2D eigenvalue weighted by atomic mass is 32.2. The number of ether oxygens (including phenoxy) is 1. The summed E-state index contributed by atoms with van der Waals surface area (Å²) in [5.41, 5.74) is 3.67. The molecule has 210 valence electrons. The third-order valence-electron chi connectivity index (χ3n) is 7.54. The number of Topliss-reactive ketones (excluding diaryl/α,β-unsaturated/α-hetero) is 1. The van der Waals surface area contributed by atoms with E-state index >= 15 is 0 Å². The minimum Gasteiger partial charge on any atom is -0.484 e. The van der Waals surface area contributed by atoms with Crippen LogP contribution in [0, 0.1) is 23.5 Å². The molecule has 0 fully saturated rings. The zero-order chi connectivity index (χ0) is 27.9. The number of fused-ring (bicyclic) bond motifs is 1. The number of aryl methyl sites for hydroxylation is 1. The van der Waals surface area contributed by atoms with Gasteiger partial charge < -0.3 is 9.64 Å². The number of carbonyl (C=O) groups excluding carboxylic acids is 1. The summed E-state index contributed by atoms with van der Waals surface area (Å²) < 4.78 is 37.7. The summed E-state index contributed by atoms with van der Waals surface area (Å²) in [5.74, 6) is -0.283. The molecule has 3 unspecified atom stereocenters. The Hall–Kier alpha value is -2.64. The van der Waals surface area contributed by atoms with E-state index in [0.717, 1.165) is 28.8 Å². The lowest BCUT2D eigenvalue weighted by Gasteiger charge is -2.32. The second kappa shape index (κ2) is 13.6. The fraction of sp³-hybridized carbons (Fsp3) is 0.469. The van der Waals surface area contributed by atoms with Crippen molar-refractivity contribution >= 4 is 17.7 Å². The minimum absolute atomic E-state index is 0.00430. The summed E-state index contributed by atoms with van der Waals surface area (Å²) in [6.45, 7) is 9.71. The number of hydrogen-bond acceptors (Lipinski definition) is 5. The predicted molar refractivity (Wildman–Crippen MR) is 155 cm³/mol. The molecule has 7 heteroatoms. The number of carbonyl (C=O) groups is 1. The molecule has 2 aromatic carbocycles. The molecule has 2 aliphatic rings. The average Bonchev–Trinajstić information content (AvgIpc) is 3.29. The Morgan fingerprint density at radius 1 is 1.10 bits per heavy atom. The summed E-state index contributed by atoms with van der Waals surface area (Å²) in [4.78, 5) is 16.5. The molecule has 0 saturated heterocycles. The zero-order valence-corrected chi connectivity index (χ0v) is 24.2. The molecule has 0 saturated carbocycles. The average molecular weight is 555 g/mol. The molecular weight excluding hydrogens is 514 g/mol. The summed E-state index contributed by atoms with van der Waals surface area (Å²) >= 11 is 1.65. The SMILES string of the molecule is CCN(CNSC(C)C)C1=C(\OC2Cc3ccc(F)cc3C2)C(=O)C(CCc2cccc(F)c2)C(C)C\C=C\1. The van der Waals surface area contributed by atoms with Crippen molar-refractivity contribution in [2.45, 2.75) is 71.2 Å². The van der Waals surface area contributed by atoms with Crippen molar-refractivity contribution in [3.8, 4) is 0 Å². The number of hydrogen-bond donors (Lipinski definition) is 1. The van der Waals surface area contributed by atoms with E-state index in [2.05, 4.69) is 43.4 Å². The Morgan fingerprint density at radius 3 is 2.62 bits per heavy atom. The summed E-state index contributed by atoms with van der Waals surface area (Å²) in [7, 11) is 0. The van der Waals surface area contributed by atoms with Gasteiger partial charge in [0.05, 0.1) is 12.4 Å². The highest BCUT2D eigenvalue weighted by Gasteiger charge is 2.35. The molecule has 2 aliphatic carbocycles. The topological polar surface area (TPSA) is 41.6 Å². The van der Waals surface area contributed by atoms with Crippen molar-refractivity contribution in [2.24, 2.45) is 11.8 Å². The third kappa shape index (κ3) is 7.73. The van der Waals surface area contributed by atoms with Gasteiger partial charge in [-0.1, -0.05) is 57.0 Å². The maximum absolute atomic E-state index is 14.3. The van der Waals surface area contributed by atoms with Crippen molar-refractivity contribution in [3.05, 3.63) is 94.4 Å². The van der Waals surface area contributed by atoms with Crippen molar-refractivity contribution in [3.63, 3.8) is 0 Å². The van der Waals surface area contributed by atoms with E-state index in [0.29, 0.717) is 49.9 Å². The molecule has 1 N–H and O–H groups in total. The van der Waals surface area contributed by atoms with Gasteiger partial charge in [0.15, 0.2) is 5.76 Å². The summed E-state index contributed by atoms with van der Waals surface area (Å²) in [5, 5.41) is 0.424. The molecule has 0 heterocycles. The Labute approximate surface area is 236 Å². The molecule has 0 aromatic heterocycles. The molecule has 0 aliphatic heterocycles. The lowest BCUT2D eigenvalue weighted by Crippen LogP contribution is -2.36. The minimum atomic E-state index is -0.263. The van der Waals surface area contributed by atoms with Crippen LogP contribution in [0.1, 0.15) is 57.2 Å². The third-order valence-corrected chi connectivity index (χ3v) is 8.31. The van der Waals surface area contributed by atoms with Gasteiger partial charge in [-0.05, 0) is 79.1 Å². The lowest BCUT2D eigenvalue weighted by atomic mass is 9.81. The van der Waals surface area contributed by atoms with Crippen LogP contribution in [-0.2, 0) is 28.8 Å². The largest absolute Gasteiger partial charge is 0.484 e. The van der Waals surface area contributed by atoms with Crippen LogP contribution in [0.4, 0.5) is 8.78 Å². The van der Waals surface area contributed by atoms with Gasteiger partial charge in [-0.3, -0.25) is 4.79 Å². The standard InChI is InChI=1S/C32H40F2N2O2S/c1-5-36(20-35-39-21(2)3)30-11-6-8-22(4)29(15-12-23-9-7-10-26(33)16-23)31(37)32(30)38-28-18-24-13-14-27(34)17-25(24)19-28/h6-7,9-11,13-14,16-17,21-22,28-29,35H,5,8,12,15,18-20H2,1-4H3/b11-6+,32-30-. The first-order valence-electron chi connectivity index (χ1n) is 14.0. The van der Waals surface area contributed by atoms with Gasteiger partial charge in [0, 0.05) is 30.6 Å². The van der Waals surface area contributed by atoms with Crippen LogP contribution in [0.5, 0.6) is 0 Å². The van der Waals surface area contributed by atoms with E-state index < -0.39 is 0 Å². The van der Waals surface area contributed by atoms with Crippen molar-refractivity contribution < 1.29 is 18.3 Å². The van der Waals surface area contributed by atoms with Gasteiger partial charge in [-0.2, -0.15) is 0 Å². The van der Waals surface area contributed by atoms with E-state index in [1.54, 1.807) is 30.1 Å². The highest BCUT2D eigenvalue weighted by Crippen LogP contribution is 2.34. The summed E-state index contributed by atoms with van der Waals surface area (Å²) in [6.07, 6.45) is 7.14. The fourth-order valence-electron chi connectivity index (χ4n) is 5.43. The molecule has 2 aromatic rings.